The SMILES string of the molecule is CCCCC(O)c1cn[nH]c1-c1ccc(F)cc1. The lowest BCUT2D eigenvalue weighted by molar-refractivity contribution is 0.165. The van der Waals surface area contributed by atoms with Gasteiger partial charge in [0.05, 0.1) is 18.0 Å². The van der Waals surface area contributed by atoms with Crippen LogP contribution in [0, 0.1) is 5.82 Å². The minimum Gasteiger partial charge on any atom is -0.388 e. The maximum Gasteiger partial charge on any atom is 0.123 e. The predicted molar refractivity (Wildman–Crippen MR) is 68.5 cm³/mol. The highest BCUT2D eigenvalue weighted by molar-refractivity contribution is 5.62. The molecule has 0 saturated heterocycles. The summed E-state index contributed by atoms with van der Waals surface area (Å²) in [7, 11) is 0. The standard InChI is InChI=1S/C14H17FN2O/c1-2-3-4-13(18)12-9-16-17-14(12)10-5-7-11(15)8-6-10/h5-9,13,18H,2-4H2,1H3,(H,16,17). The van der Waals surface area contributed by atoms with E-state index in [1.807, 2.05) is 0 Å². The van der Waals surface area contributed by atoms with Crippen molar-refractivity contribution in [3.8, 4) is 11.3 Å². The fraction of sp³-hybridized carbons (Fsp3) is 0.357. The van der Waals surface area contributed by atoms with E-state index in [1.54, 1.807) is 18.3 Å². The number of halogens is 1. The summed E-state index contributed by atoms with van der Waals surface area (Å²) in [4.78, 5) is 0. The second-order valence-corrected chi connectivity index (χ2v) is 4.37. The van der Waals surface area contributed by atoms with Gasteiger partial charge in [0.2, 0.25) is 0 Å². The highest BCUT2D eigenvalue weighted by atomic mass is 19.1. The molecule has 0 amide bonds. The minimum atomic E-state index is -0.524. The Morgan fingerprint density at radius 3 is 2.72 bits per heavy atom. The van der Waals surface area contributed by atoms with Crippen molar-refractivity contribution in [2.45, 2.75) is 32.3 Å². The van der Waals surface area contributed by atoms with Gasteiger partial charge in [0.1, 0.15) is 5.82 Å². The van der Waals surface area contributed by atoms with E-state index in [9.17, 15) is 9.50 Å². The Labute approximate surface area is 106 Å². The molecule has 0 aliphatic heterocycles. The van der Waals surface area contributed by atoms with Crippen LogP contribution in [0.15, 0.2) is 30.5 Å². The molecule has 1 atom stereocenters. The van der Waals surface area contributed by atoms with Gasteiger partial charge in [-0.05, 0) is 30.7 Å². The van der Waals surface area contributed by atoms with E-state index in [4.69, 9.17) is 0 Å². The van der Waals surface area contributed by atoms with E-state index in [0.717, 1.165) is 29.7 Å². The Bertz CT molecular complexity index is 493. The molecule has 1 heterocycles. The fourth-order valence-corrected chi connectivity index (χ4v) is 1.95. The maximum atomic E-state index is 12.9. The summed E-state index contributed by atoms with van der Waals surface area (Å²) in [5, 5.41) is 16.9. The van der Waals surface area contributed by atoms with Crippen LogP contribution in [0.3, 0.4) is 0 Å². The fourth-order valence-electron chi connectivity index (χ4n) is 1.95. The third-order valence-corrected chi connectivity index (χ3v) is 2.99. The second kappa shape index (κ2) is 5.78. The molecule has 0 fully saturated rings. The van der Waals surface area contributed by atoms with Gasteiger partial charge in [-0.1, -0.05) is 19.8 Å². The van der Waals surface area contributed by atoms with E-state index < -0.39 is 6.10 Å². The molecule has 0 aliphatic carbocycles. The lowest BCUT2D eigenvalue weighted by Crippen LogP contribution is -1.98. The summed E-state index contributed by atoms with van der Waals surface area (Å²) in [6.45, 7) is 2.09. The average Bonchev–Trinajstić information content (AvgIpc) is 2.86. The zero-order valence-electron chi connectivity index (χ0n) is 10.4. The quantitative estimate of drug-likeness (QED) is 0.851. The number of hydrogen-bond donors (Lipinski definition) is 2. The van der Waals surface area contributed by atoms with Crippen molar-refractivity contribution in [1.29, 1.82) is 0 Å². The Balaban J connectivity index is 2.24. The molecular formula is C14H17FN2O. The zero-order chi connectivity index (χ0) is 13.0. The van der Waals surface area contributed by atoms with Crippen LogP contribution in [0.2, 0.25) is 0 Å². The second-order valence-electron chi connectivity index (χ2n) is 4.37. The van der Waals surface area contributed by atoms with Crippen LogP contribution >= 0.6 is 0 Å². The molecule has 18 heavy (non-hydrogen) atoms. The van der Waals surface area contributed by atoms with E-state index in [2.05, 4.69) is 17.1 Å². The molecule has 1 aromatic heterocycles. The Hall–Kier alpha value is -1.68. The van der Waals surface area contributed by atoms with Gasteiger partial charge in [0.25, 0.3) is 0 Å². The van der Waals surface area contributed by atoms with Crippen molar-refractivity contribution >= 4 is 0 Å². The molecule has 4 heteroatoms. The molecule has 0 saturated carbocycles. The molecule has 0 spiro atoms. The average molecular weight is 248 g/mol. The van der Waals surface area contributed by atoms with Gasteiger partial charge >= 0.3 is 0 Å². The van der Waals surface area contributed by atoms with Gasteiger partial charge in [-0.2, -0.15) is 5.10 Å². The van der Waals surface area contributed by atoms with Gasteiger partial charge in [0, 0.05) is 11.1 Å². The molecule has 1 unspecified atom stereocenters. The lowest BCUT2D eigenvalue weighted by Gasteiger charge is -2.10. The monoisotopic (exact) mass is 248 g/mol. The van der Waals surface area contributed by atoms with Crippen molar-refractivity contribution < 1.29 is 9.50 Å². The lowest BCUT2D eigenvalue weighted by atomic mass is 10.0. The van der Waals surface area contributed by atoms with Crippen molar-refractivity contribution in [2.24, 2.45) is 0 Å². The first kappa shape index (κ1) is 12.8. The van der Waals surface area contributed by atoms with Gasteiger partial charge < -0.3 is 5.11 Å². The van der Waals surface area contributed by atoms with Crippen LogP contribution in [0.5, 0.6) is 0 Å². The largest absolute Gasteiger partial charge is 0.388 e. The number of aromatic nitrogens is 2. The molecule has 0 radical (unpaired) electrons. The third kappa shape index (κ3) is 2.76. The molecule has 2 rings (SSSR count). The van der Waals surface area contributed by atoms with Crippen molar-refractivity contribution in [2.75, 3.05) is 0 Å². The summed E-state index contributed by atoms with van der Waals surface area (Å²) in [5.74, 6) is -0.272. The first-order valence-corrected chi connectivity index (χ1v) is 6.19. The molecule has 0 aliphatic rings. The normalized spacial score (nSPS) is 12.6. The highest BCUT2D eigenvalue weighted by Crippen LogP contribution is 2.28. The summed E-state index contributed by atoms with van der Waals surface area (Å²) >= 11 is 0. The topological polar surface area (TPSA) is 48.9 Å². The minimum absolute atomic E-state index is 0.272. The van der Waals surface area contributed by atoms with Crippen LogP contribution in [-0.4, -0.2) is 15.3 Å². The Kier molecular flexibility index (Phi) is 4.10. The number of aromatic amines is 1. The van der Waals surface area contributed by atoms with Crippen LogP contribution in [0.4, 0.5) is 4.39 Å². The third-order valence-electron chi connectivity index (χ3n) is 2.99. The summed E-state index contributed by atoms with van der Waals surface area (Å²) in [5.41, 5.74) is 2.37. The van der Waals surface area contributed by atoms with E-state index in [1.165, 1.54) is 12.1 Å². The Morgan fingerprint density at radius 1 is 1.33 bits per heavy atom. The van der Waals surface area contributed by atoms with Crippen molar-refractivity contribution in [3.63, 3.8) is 0 Å². The number of benzene rings is 1. The van der Waals surface area contributed by atoms with Gasteiger partial charge in [-0.25, -0.2) is 4.39 Å². The van der Waals surface area contributed by atoms with Crippen LogP contribution in [0.25, 0.3) is 11.3 Å². The highest BCUT2D eigenvalue weighted by Gasteiger charge is 2.15. The van der Waals surface area contributed by atoms with E-state index >= 15 is 0 Å². The number of rotatable bonds is 5. The molecule has 3 nitrogen and oxygen atoms in total. The molecule has 2 aromatic rings. The zero-order valence-corrected chi connectivity index (χ0v) is 10.4. The number of nitrogens with zero attached hydrogens (tertiary/aromatic N) is 1. The number of hydrogen-bond acceptors (Lipinski definition) is 2. The molecule has 96 valence electrons. The summed E-state index contributed by atoms with van der Waals surface area (Å²) < 4.78 is 12.9. The van der Waals surface area contributed by atoms with E-state index in [0.29, 0.717) is 6.42 Å². The van der Waals surface area contributed by atoms with Gasteiger partial charge in [-0.15, -0.1) is 0 Å². The smallest absolute Gasteiger partial charge is 0.123 e. The number of H-pyrrole nitrogens is 1. The predicted octanol–water partition coefficient (Wildman–Crippen LogP) is 3.44. The summed E-state index contributed by atoms with van der Waals surface area (Å²) in [6.07, 6.45) is 3.84. The van der Waals surface area contributed by atoms with Crippen molar-refractivity contribution in [3.05, 3.63) is 41.8 Å². The van der Waals surface area contributed by atoms with Crippen molar-refractivity contribution in [1.82, 2.24) is 10.2 Å². The molecule has 2 N–H and O–H groups in total. The van der Waals surface area contributed by atoms with Crippen LogP contribution < -0.4 is 0 Å². The molecule has 0 bridgehead atoms. The van der Waals surface area contributed by atoms with Gasteiger partial charge in [-0.3, -0.25) is 5.10 Å². The Morgan fingerprint density at radius 2 is 2.06 bits per heavy atom. The van der Waals surface area contributed by atoms with Crippen LogP contribution in [-0.2, 0) is 0 Å². The number of unbranched alkanes of at least 4 members (excludes halogenated alkanes) is 1. The maximum absolute atomic E-state index is 12.9. The summed E-state index contributed by atoms with van der Waals surface area (Å²) in [6, 6.07) is 6.16. The van der Waals surface area contributed by atoms with Gasteiger partial charge in [0.15, 0.2) is 0 Å². The first-order valence-electron chi connectivity index (χ1n) is 6.19. The van der Waals surface area contributed by atoms with E-state index in [-0.39, 0.29) is 5.82 Å². The van der Waals surface area contributed by atoms with Crippen LogP contribution in [0.1, 0.15) is 37.9 Å². The molecular weight excluding hydrogens is 231 g/mol. The number of aliphatic hydroxyl groups excluding tert-OH is 1. The number of nitrogens with one attached hydrogen (secondary N) is 1. The molecule has 1 aromatic carbocycles. The first-order chi connectivity index (χ1) is 8.72. The number of aliphatic hydroxyl groups is 1.